The number of carbonyl (C=O) groups is 2. The third kappa shape index (κ3) is 6.36. The molecule has 2 fully saturated rings. The van der Waals surface area contributed by atoms with Crippen LogP contribution in [0.15, 0.2) is 0 Å². The van der Waals surface area contributed by atoms with Crippen molar-refractivity contribution < 1.29 is 28.5 Å². The van der Waals surface area contributed by atoms with Gasteiger partial charge in [0.25, 0.3) is 0 Å². The molecule has 0 aliphatic heterocycles. The lowest BCUT2D eigenvalue weighted by atomic mass is 9.68. The highest BCUT2D eigenvalue weighted by Gasteiger charge is 2.44. The molecule has 0 saturated heterocycles. The lowest BCUT2D eigenvalue weighted by Crippen LogP contribution is -2.47. The molecule has 0 radical (unpaired) electrons. The van der Waals surface area contributed by atoms with Crippen molar-refractivity contribution in [1.29, 1.82) is 0 Å². The van der Waals surface area contributed by atoms with Crippen molar-refractivity contribution in [2.75, 3.05) is 0 Å². The fourth-order valence-corrected chi connectivity index (χ4v) is 3.96. The first-order valence-corrected chi connectivity index (χ1v) is 9.74. The van der Waals surface area contributed by atoms with Crippen LogP contribution in [0.1, 0.15) is 80.1 Å². The smallest absolute Gasteiger partial charge is 0.431 e. The number of rotatable bonds is 2. The normalized spacial score (nSPS) is 29.3. The van der Waals surface area contributed by atoms with Gasteiger partial charge in [-0.2, -0.15) is 0 Å². The molecule has 0 aromatic rings. The molecule has 0 heterocycles. The maximum absolute atomic E-state index is 12.1. The predicted octanol–water partition coefficient (Wildman–Crippen LogP) is 5.23. The summed E-state index contributed by atoms with van der Waals surface area (Å²) in [4.78, 5) is 24.1. The molecule has 4 atom stereocenters. The van der Waals surface area contributed by atoms with E-state index >= 15 is 0 Å². The van der Waals surface area contributed by atoms with Crippen LogP contribution in [0.5, 0.6) is 0 Å². The Kier molecular flexibility index (Phi) is 6.46. The summed E-state index contributed by atoms with van der Waals surface area (Å²) in [6, 6.07) is 0. The second kappa shape index (κ2) is 8.05. The predicted molar refractivity (Wildman–Crippen MR) is 96.9 cm³/mol. The van der Waals surface area contributed by atoms with Gasteiger partial charge in [-0.3, -0.25) is 0 Å². The summed E-state index contributed by atoms with van der Waals surface area (Å²) in [7, 11) is 0. The van der Waals surface area contributed by atoms with E-state index in [9.17, 15) is 9.59 Å². The minimum absolute atomic E-state index is 0.173. The Morgan fingerprint density at radius 1 is 0.654 bits per heavy atom. The van der Waals surface area contributed by atoms with Crippen molar-refractivity contribution in [3.63, 3.8) is 0 Å². The largest absolute Gasteiger partial charge is 0.509 e. The molecule has 6 heteroatoms. The van der Waals surface area contributed by atoms with Crippen molar-refractivity contribution in [3.8, 4) is 0 Å². The molecule has 4 unspecified atom stereocenters. The highest BCUT2D eigenvalue weighted by molar-refractivity contribution is 5.61. The topological polar surface area (TPSA) is 71.1 Å². The van der Waals surface area contributed by atoms with Crippen LogP contribution >= 0.6 is 0 Å². The second-order valence-corrected chi connectivity index (χ2v) is 9.43. The third-order valence-electron chi connectivity index (χ3n) is 4.84. The van der Waals surface area contributed by atoms with Crippen LogP contribution in [0.4, 0.5) is 9.59 Å². The summed E-state index contributed by atoms with van der Waals surface area (Å²) in [6.07, 6.45) is 3.95. The number of hydrogen-bond donors (Lipinski definition) is 0. The van der Waals surface area contributed by atoms with Crippen LogP contribution in [-0.2, 0) is 18.9 Å². The standard InChI is InChI=1S/C20H34O6/c1-19(2,3)25-17(21)23-15-11-12-16(14-10-8-7-9-13(14)15)24-18(22)26-20(4,5)6/h13-16H,7-12H2,1-6H3. The van der Waals surface area contributed by atoms with Crippen LogP contribution in [0, 0.1) is 11.8 Å². The second-order valence-electron chi connectivity index (χ2n) is 9.43. The Bertz CT molecular complexity index is 455. The van der Waals surface area contributed by atoms with E-state index in [1.807, 2.05) is 41.5 Å². The highest BCUT2D eigenvalue weighted by Crippen LogP contribution is 2.43. The minimum atomic E-state index is -0.613. The molecule has 2 aliphatic rings. The van der Waals surface area contributed by atoms with Gasteiger partial charge in [-0.05, 0) is 67.2 Å². The number of ether oxygens (including phenoxy) is 4. The first-order valence-electron chi connectivity index (χ1n) is 9.74. The van der Waals surface area contributed by atoms with Crippen molar-refractivity contribution in [2.24, 2.45) is 11.8 Å². The summed E-state index contributed by atoms with van der Waals surface area (Å²) in [6.45, 7) is 10.9. The van der Waals surface area contributed by atoms with E-state index in [-0.39, 0.29) is 24.0 Å². The summed E-state index contributed by atoms with van der Waals surface area (Å²) in [5.41, 5.74) is -1.14. The summed E-state index contributed by atoms with van der Waals surface area (Å²) in [5.74, 6) is 0.412. The number of hydrogen-bond acceptors (Lipinski definition) is 6. The number of carbonyl (C=O) groups excluding carboxylic acids is 2. The zero-order valence-electron chi connectivity index (χ0n) is 17.0. The molecule has 26 heavy (non-hydrogen) atoms. The molecule has 0 N–H and O–H groups in total. The number of fused-ring (bicyclic) bond motifs is 1. The fourth-order valence-electron chi connectivity index (χ4n) is 3.96. The molecular weight excluding hydrogens is 336 g/mol. The maximum atomic E-state index is 12.1. The molecule has 0 spiro atoms. The summed E-state index contributed by atoms with van der Waals surface area (Å²) in [5, 5.41) is 0. The highest BCUT2D eigenvalue weighted by atomic mass is 16.7. The lowest BCUT2D eigenvalue weighted by Gasteiger charge is -2.44. The van der Waals surface area contributed by atoms with Gasteiger partial charge in [-0.15, -0.1) is 0 Å². The average Bonchev–Trinajstić information content (AvgIpc) is 2.46. The molecule has 2 aliphatic carbocycles. The van der Waals surface area contributed by atoms with Gasteiger partial charge in [0.15, 0.2) is 0 Å². The summed E-state index contributed by atoms with van der Waals surface area (Å²) >= 11 is 0. The van der Waals surface area contributed by atoms with Crippen molar-refractivity contribution in [3.05, 3.63) is 0 Å². The van der Waals surface area contributed by atoms with E-state index in [1.165, 1.54) is 0 Å². The Labute approximate surface area is 156 Å². The van der Waals surface area contributed by atoms with E-state index in [0.29, 0.717) is 12.8 Å². The van der Waals surface area contributed by atoms with Gasteiger partial charge in [0.2, 0.25) is 0 Å². The molecule has 2 saturated carbocycles. The van der Waals surface area contributed by atoms with Gasteiger partial charge in [0, 0.05) is 11.8 Å². The zero-order valence-corrected chi connectivity index (χ0v) is 17.0. The van der Waals surface area contributed by atoms with Gasteiger partial charge in [-0.25, -0.2) is 9.59 Å². The van der Waals surface area contributed by atoms with E-state index < -0.39 is 23.5 Å². The van der Waals surface area contributed by atoms with Crippen LogP contribution in [0.25, 0.3) is 0 Å². The quantitative estimate of drug-likeness (QED) is 0.620. The van der Waals surface area contributed by atoms with Crippen LogP contribution in [0.3, 0.4) is 0 Å². The SMILES string of the molecule is CC(C)(C)OC(=O)OC1CCC(OC(=O)OC(C)(C)C)C2CCCCC12. The van der Waals surface area contributed by atoms with Crippen molar-refractivity contribution >= 4 is 12.3 Å². The zero-order chi connectivity index (χ0) is 19.5. The van der Waals surface area contributed by atoms with Crippen LogP contribution in [0.2, 0.25) is 0 Å². The minimum Gasteiger partial charge on any atom is -0.431 e. The van der Waals surface area contributed by atoms with E-state index in [4.69, 9.17) is 18.9 Å². The van der Waals surface area contributed by atoms with Crippen molar-refractivity contribution in [1.82, 2.24) is 0 Å². The molecule has 6 nitrogen and oxygen atoms in total. The molecule has 2 rings (SSSR count). The Balaban J connectivity index is 1.97. The summed E-state index contributed by atoms with van der Waals surface area (Å²) < 4.78 is 21.9. The molecule has 0 aromatic carbocycles. The van der Waals surface area contributed by atoms with Gasteiger partial charge in [-0.1, -0.05) is 12.8 Å². The van der Waals surface area contributed by atoms with Gasteiger partial charge in [0.05, 0.1) is 0 Å². The first-order chi connectivity index (χ1) is 11.9. The van der Waals surface area contributed by atoms with Crippen LogP contribution < -0.4 is 0 Å². The van der Waals surface area contributed by atoms with Gasteiger partial charge in [0.1, 0.15) is 23.4 Å². The van der Waals surface area contributed by atoms with Crippen LogP contribution in [-0.4, -0.2) is 35.7 Å². The third-order valence-corrected chi connectivity index (χ3v) is 4.84. The van der Waals surface area contributed by atoms with E-state index in [1.54, 1.807) is 0 Å². The molecular formula is C20H34O6. The molecule has 0 amide bonds. The Hall–Kier alpha value is -1.46. The van der Waals surface area contributed by atoms with E-state index in [0.717, 1.165) is 25.7 Å². The lowest BCUT2D eigenvalue weighted by molar-refractivity contribution is -0.110. The molecule has 0 aromatic heterocycles. The maximum Gasteiger partial charge on any atom is 0.509 e. The fraction of sp³-hybridized carbons (Fsp3) is 0.900. The molecule has 150 valence electrons. The Morgan fingerprint density at radius 3 is 1.31 bits per heavy atom. The van der Waals surface area contributed by atoms with Crippen molar-refractivity contribution in [2.45, 2.75) is 103 Å². The van der Waals surface area contributed by atoms with Gasteiger partial charge < -0.3 is 18.9 Å². The first kappa shape index (κ1) is 20.8. The monoisotopic (exact) mass is 370 g/mol. The average molecular weight is 370 g/mol. The Morgan fingerprint density at radius 2 is 1.00 bits per heavy atom. The van der Waals surface area contributed by atoms with Gasteiger partial charge >= 0.3 is 12.3 Å². The molecule has 0 bridgehead atoms. The van der Waals surface area contributed by atoms with E-state index in [2.05, 4.69) is 0 Å².